The standard InChI is InChI=1S/C11H23N3O/c1-11(2,3)9(12)10(15)14-7-4-5-13-6-8-14/h9,13H,4-8,12H2,1-3H3/t9-/m0/s1. The molecule has 0 aromatic rings. The molecule has 0 bridgehead atoms. The van der Waals surface area contributed by atoms with Crippen molar-refractivity contribution in [3.8, 4) is 0 Å². The molecule has 0 saturated carbocycles. The highest BCUT2D eigenvalue weighted by Gasteiger charge is 2.30. The highest BCUT2D eigenvalue weighted by Crippen LogP contribution is 2.19. The van der Waals surface area contributed by atoms with Crippen LogP contribution in [0, 0.1) is 5.41 Å². The van der Waals surface area contributed by atoms with E-state index in [1.807, 2.05) is 25.7 Å². The Labute approximate surface area is 92.2 Å². The van der Waals surface area contributed by atoms with Crippen molar-refractivity contribution in [3.05, 3.63) is 0 Å². The fraction of sp³-hybridized carbons (Fsp3) is 0.909. The number of nitrogens with two attached hydrogens (primary N) is 1. The van der Waals surface area contributed by atoms with Gasteiger partial charge in [0.05, 0.1) is 6.04 Å². The van der Waals surface area contributed by atoms with E-state index in [1.165, 1.54) is 0 Å². The maximum Gasteiger partial charge on any atom is 0.240 e. The third-order valence-electron chi connectivity index (χ3n) is 2.85. The van der Waals surface area contributed by atoms with Crippen molar-refractivity contribution in [2.75, 3.05) is 26.2 Å². The van der Waals surface area contributed by atoms with E-state index in [0.29, 0.717) is 0 Å². The lowest BCUT2D eigenvalue weighted by Gasteiger charge is -2.31. The van der Waals surface area contributed by atoms with Crippen LogP contribution in [0.1, 0.15) is 27.2 Å². The lowest BCUT2D eigenvalue weighted by atomic mass is 9.86. The first kappa shape index (κ1) is 12.5. The zero-order valence-electron chi connectivity index (χ0n) is 10.0. The summed E-state index contributed by atoms with van der Waals surface area (Å²) in [5, 5.41) is 3.28. The third-order valence-corrected chi connectivity index (χ3v) is 2.85. The van der Waals surface area contributed by atoms with Gasteiger partial charge in [-0.1, -0.05) is 20.8 Å². The van der Waals surface area contributed by atoms with Gasteiger partial charge in [-0.3, -0.25) is 4.79 Å². The normalized spacial score (nSPS) is 20.9. The van der Waals surface area contributed by atoms with Crippen LogP contribution in [0.5, 0.6) is 0 Å². The molecule has 3 N–H and O–H groups in total. The lowest BCUT2D eigenvalue weighted by Crippen LogP contribution is -2.51. The summed E-state index contributed by atoms with van der Waals surface area (Å²) in [4.78, 5) is 14.0. The summed E-state index contributed by atoms with van der Waals surface area (Å²) in [6.45, 7) is 9.50. The van der Waals surface area contributed by atoms with Gasteiger partial charge in [0.15, 0.2) is 0 Å². The van der Waals surface area contributed by atoms with Crippen LogP contribution in [0.15, 0.2) is 0 Å². The third kappa shape index (κ3) is 3.47. The maximum absolute atomic E-state index is 12.1. The molecule has 1 saturated heterocycles. The van der Waals surface area contributed by atoms with E-state index in [9.17, 15) is 4.79 Å². The molecule has 1 aliphatic heterocycles. The van der Waals surface area contributed by atoms with E-state index < -0.39 is 6.04 Å². The summed E-state index contributed by atoms with van der Waals surface area (Å²) < 4.78 is 0. The summed E-state index contributed by atoms with van der Waals surface area (Å²) in [6, 6.07) is -0.393. The molecule has 88 valence electrons. The molecule has 4 nitrogen and oxygen atoms in total. The van der Waals surface area contributed by atoms with Crippen molar-refractivity contribution in [2.24, 2.45) is 11.1 Å². The Morgan fingerprint density at radius 1 is 1.33 bits per heavy atom. The summed E-state index contributed by atoms with van der Waals surface area (Å²) in [5.74, 6) is 0.0891. The zero-order valence-corrected chi connectivity index (χ0v) is 10.0. The smallest absolute Gasteiger partial charge is 0.240 e. The highest BCUT2D eigenvalue weighted by molar-refractivity contribution is 5.82. The van der Waals surface area contributed by atoms with E-state index in [-0.39, 0.29) is 11.3 Å². The van der Waals surface area contributed by atoms with E-state index in [2.05, 4.69) is 5.32 Å². The van der Waals surface area contributed by atoms with Gasteiger partial charge in [0.2, 0.25) is 5.91 Å². The van der Waals surface area contributed by atoms with Crippen LogP contribution >= 0.6 is 0 Å². The molecule has 0 aliphatic carbocycles. The van der Waals surface area contributed by atoms with Gasteiger partial charge in [0, 0.05) is 19.6 Å². The monoisotopic (exact) mass is 213 g/mol. The van der Waals surface area contributed by atoms with Crippen LogP contribution in [0.2, 0.25) is 0 Å². The van der Waals surface area contributed by atoms with Crippen molar-refractivity contribution in [2.45, 2.75) is 33.2 Å². The molecule has 0 aromatic heterocycles. The van der Waals surface area contributed by atoms with E-state index in [4.69, 9.17) is 5.73 Å². The minimum atomic E-state index is -0.393. The van der Waals surface area contributed by atoms with E-state index in [1.54, 1.807) is 0 Å². The average molecular weight is 213 g/mol. The molecule has 1 rings (SSSR count). The molecule has 1 amide bonds. The number of hydrogen-bond donors (Lipinski definition) is 2. The second-order valence-corrected chi connectivity index (χ2v) is 5.27. The number of carbonyl (C=O) groups excluding carboxylic acids is 1. The highest BCUT2D eigenvalue weighted by atomic mass is 16.2. The molecule has 0 spiro atoms. The second kappa shape index (κ2) is 4.94. The van der Waals surface area contributed by atoms with Gasteiger partial charge in [-0.25, -0.2) is 0 Å². The largest absolute Gasteiger partial charge is 0.340 e. The number of carbonyl (C=O) groups is 1. The van der Waals surface area contributed by atoms with Crippen molar-refractivity contribution in [1.29, 1.82) is 0 Å². The maximum atomic E-state index is 12.1. The Morgan fingerprint density at radius 3 is 2.60 bits per heavy atom. The number of hydrogen-bond acceptors (Lipinski definition) is 3. The van der Waals surface area contributed by atoms with Gasteiger partial charge in [0.1, 0.15) is 0 Å². The molecule has 0 aromatic carbocycles. The number of amides is 1. The Hall–Kier alpha value is -0.610. The van der Waals surface area contributed by atoms with Crippen LogP contribution in [0.25, 0.3) is 0 Å². The molecule has 0 radical (unpaired) electrons. The first-order valence-electron chi connectivity index (χ1n) is 5.68. The minimum absolute atomic E-state index is 0.0891. The van der Waals surface area contributed by atoms with Gasteiger partial charge in [0.25, 0.3) is 0 Å². The lowest BCUT2D eigenvalue weighted by molar-refractivity contribution is -0.134. The molecule has 15 heavy (non-hydrogen) atoms. The van der Waals surface area contributed by atoms with Crippen LogP contribution in [0.3, 0.4) is 0 Å². The molecule has 1 fully saturated rings. The second-order valence-electron chi connectivity index (χ2n) is 5.27. The molecular formula is C11H23N3O. The Balaban J connectivity index is 2.58. The van der Waals surface area contributed by atoms with Gasteiger partial charge in [-0.15, -0.1) is 0 Å². The SMILES string of the molecule is CC(C)(C)[C@@H](N)C(=O)N1CCCNCC1. The van der Waals surface area contributed by atoms with Crippen LogP contribution in [-0.2, 0) is 4.79 Å². The zero-order chi connectivity index (χ0) is 11.5. The molecule has 1 heterocycles. The Kier molecular flexibility index (Phi) is 4.11. The fourth-order valence-electron chi connectivity index (χ4n) is 1.63. The van der Waals surface area contributed by atoms with Crippen molar-refractivity contribution in [3.63, 3.8) is 0 Å². The summed E-state index contributed by atoms with van der Waals surface area (Å²) in [7, 11) is 0. The Morgan fingerprint density at radius 2 is 2.00 bits per heavy atom. The van der Waals surface area contributed by atoms with Crippen molar-refractivity contribution in [1.82, 2.24) is 10.2 Å². The van der Waals surface area contributed by atoms with Gasteiger partial charge < -0.3 is 16.0 Å². The molecule has 4 heteroatoms. The first-order valence-corrected chi connectivity index (χ1v) is 5.68. The topological polar surface area (TPSA) is 58.4 Å². The number of nitrogens with one attached hydrogen (secondary N) is 1. The predicted molar refractivity (Wildman–Crippen MR) is 61.5 cm³/mol. The van der Waals surface area contributed by atoms with Crippen molar-refractivity contribution >= 4 is 5.91 Å². The fourth-order valence-corrected chi connectivity index (χ4v) is 1.63. The number of rotatable bonds is 1. The van der Waals surface area contributed by atoms with E-state index in [0.717, 1.165) is 32.6 Å². The quantitative estimate of drug-likeness (QED) is 0.653. The van der Waals surface area contributed by atoms with Crippen LogP contribution in [0.4, 0.5) is 0 Å². The molecule has 0 unspecified atom stereocenters. The number of nitrogens with zero attached hydrogens (tertiary/aromatic N) is 1. The van der Waals surface area contributed by atoms with Gasteiger partial charge in [-0.05, 0) is 18.4 Å². The summed E-state index contributed by atoms with van der Waals surface area (Å²) in [5.41, 5.74) is 5.81. The predicted octanol–water partition coefficient (Wildman–Crippen LogP) is 0.182. The Bertz CT molecular complexity index is 214. The van der Waals surface area contributed by atoms with Crippen molar-refractivity contribution < 1.29 is 4.79 Å². The van der Waals surface area contributed by atoms with Gasteiger partial charge >= 0.3 is 0 Å². The summed E-state index contributed by atoms with van der Waals surface area (Å²) >= 11 is 0. The van der Waals surface area contributed by atoms with Gasteiger partial charge in [-0.2, -0.15) is 0 Å². The summed E-state index contributed by atoms with van der Waals surface area (Å²) in [6.07, 6.45) is 1.02. The van der Waals surface area contributed by atoms with Crippen LogP contribution < -0.4 is 11.1 Å². The minimum Gasteiger partial charge on any atom is -0.340 e. The molecule has 1 atom stereocenters. The first-order chi connectivity index (χ1) is 6.93. The average Bonchev–Trinajstić information content (AvgIpc) is 2.42. The van der Waals surface area contributed by atoms with E-state index >= 15 is 0 Å². The van der Waals surface area contributed by atoms with Crippen LogP contribution in [-0.4, -0.2) is 43.0 Å². The molecule has 1 aliphatic rings. The molecular weight excluding hydrogens is 190 g/mol.